The molecule has 0 bridgehead atoms. The van der Waals surface area contributed by atoms with Gasteiger partial charge in [-0.2, -0.15) is 0 Å². The summed E-state index contributed by atoms with van der Waals surface area (Å²) in [5.74, 6) is 0. The molecule has 0 spiro atoms. The van der Waals surface area contributed by atoms with Crippen LogP contribution in [0.2, 0.25) is 0 Å². The zero-order valence-electron chi connectivity index (χ0n) is 10.6. The lowest BCUT2D eigenvalue weighted by Crippen LogP contribution is -2.28. The number of thiophene rings is 1. The fourth-order valence-electron chi connectivity index (χ4n) is 2.51. The van der Waals surface area contributed by atoms with Gasteiger partial charge in [0, 0.05) is 17.6 Å². The normalized spacial score (nSPS) is 22.6. The Hall–Kier alpha value is -1.46. The van der Waals surface area contributed by atoms with Crippen molar-refractivity contribution >= 4 is 28.7 Å². The van der Waals surface area contributed by atoms with E-state index in [9.17, 15) is 0 Å². The van der Waals surface area contributed by atoms with Gasteiger partial charge in [-0.15, -0.1) is 11.3 Å². The summed E-state index contributed by atoms with van der Waals surface area (Å²) in [6.45, 7) is 3.03. The van der Waals surface area contributed by atoms with Crippen LogP contribution >= 0.6 is 23.6 Å². The monoisotopic (exact) mass is 289 g/mol. The Morgan fingerprint density at radius 1 is 1.37 bits per heavy atom. The molecule has 2 atom stereocenters. The van der Waals surface area contributed by atoms with Crippen LogP contribution in [0.4, 0.5) is 0 Å². The van der Waals surface area contributed by atoms with Crippen molar-refractivity contribution in [3.05, 3.63) is 52.5 Å². The Kier molecular flexibility index (Phi) is 3.48. The first kappa shape index (κ1) is 12.6. The summed E-state index contributed by atoms with van der Waals surface area (Å²) >= 11 is 7.23. The maximum atomic E-state index is 5.46. The van der Waals surface area contributed by atoms with E-state index < -0.39 is 0 Å². The van der Waals surface area contributed by atoms with Gasteiger partial charge in [-0.1, -0.05) is 12.1 Å². The van der Waals surface area contributed by atoms with E-state index in [1.807, 2.05) is 18.3 Å². The molecule has 2 aromatic rings. The molecule has 0 saturated carbocycles. The number of aromatic nitrogens is 1. The molecule has 2 aromatic heterocycles. The predicted octanol–water partition coefficient (Wildman–Crippen LogP) is 3.14. The third-order valence-electron chi connectivity index (χ3n) is 3.37. The molecule has 1 fully saturated rings. The highest BCUT2D eigenvalue weighted by atomic mass is 32.1. The first-order chi connectivity index (χ1) is 9.31. The molecule has 2 unspecified atom stereocenters. The van der Waals surface area contributed by atoms with Crippen molar-refractivity contribution in [1.29, 1.82) is 0 Å². The molecule has 98 valence electrons. The molecule has 1 saturated heterocycles. The van der Waals surface area contributed by atoms with Crippen molar-refractivity contribution in [2.24, 2.45) is 0 Å². The van der Waals surface area contributed by atoms with Gasteiger partial charge < -0.3 is 10.2 Å². The summed E-state index contributed by atoms with van der Waals surface area (Å²) < 4.78 is 0. The van der Waals surface area contributed by atoms with Crippen LogP contribution in [-0.4, -0.2) is 21.5 Å². The van der Waals surface area contributed by atoms with Crippen LogP contribution in [0.5, 0.6) is 0 Å². The second kappa shape index (κ2) is 5.27. The average molecular weight is 289 g/mol. The summed E-state index contributed by atoms with van der Waals surface area (Å²) in [6, 6.07) is 10.6. The molecule has 3 rings (SSSR count). The Balaban J connectivity index is 2.01. The summed E-state index contributed by atoms with van der Waals surface area (Å²) in [4.78, 5) is 8.04. The van der Waals surface area contributed by atoms with Crippen LogP contribution in [-0.2, 0) is 0 Å². The minimum Gasteiger partial charge on any atom is -0.352 e. The summed E-state index contributed by atoms with van der Waals surface area (Å²) in [5, 5.41) is 6.34. The van der Waals surface area contributed by atoms with Gasteiger partial charge in [0.25, 0.3) is 0 Å². The van der Waals surface area contributed by atoms with Crippen molar-refractivity contribution < 1.29 is 0 Å². The van der Waals surface area contributed by atoms with Gasteiger partial charge in [0.15, 0.2) is 5.11 Å². The molecule has 0 aromatic carbocycles. The number of hydrogen-bond acceptors (Lipinski definition) is 3. The molecule has 0 radical (unpaired) electrons. The minimum atomic E-state index is 0.132. The highest BCUT2D eigenvalue weighted by Crippen LogP contribution is 2.39. The molecule has 1 N–H and O–H groups in total. The smallest absolute Gasteiger partial charge is 0.170 e. The lowest BCUT2D eigenvalue weighted by molar-refractivity contribution is 0.335. The zero-order valence-corrected chi connectivity index (χ0v) is 12.2. The number of nitrogens with one attached hydrogen (secondary N) is 1. The van der Waals surface area contributed by atoms with E-state index in [1.165, 1.54) is 4.88 Å². The zero-order chi connectivity index (χ0) is 13.2. The minimum absolute atomic E-state index is 0.132. The van der Waals surface area contributed by atoms with Crippen molar-refractivity contribution in [3.8, 4) is 0 Å². The number of pyridine rings is 1. The molecule has 1 aliphatic heterocycles. The Labute approximate surface area is 122 Å². The summed E-state index contributed by atoms with van der Waals surface area (Å²) in [5.41, 5.74) is 1.04. The van der Waals surface area contributed by atoms with E-state index in [2.05, 4.69) is 45.7 Å². The number of thiocarbonyl (C=S) groups is 1. The number of likely N-dealkylation sites (N-methyl/N-ethyl adjacent to an activating group) is 1. The Morgan fingerprint density at radius 2 is 2.26 bits per heavy atom. The van der Waals surface area contributed by atoms with Crippen molar-refractivity contribution in [2.75, 3.05) is 6.54 Å². The van der Waals surface area contributed by atoms with Gasteiger partial charge >= 0.3 is 0 Å². The fraction of sp³-hybridized carbons (Fsp3) is 0.286. The second-order valence-corrected chi connectivity index (χ2v) is 5.79. The number of nitrogens with zero attached hydrogens (tertiary/aromatic N) is 2. The SMILES string of the molecule is CCN1C(=S)NC(c2ccccn2)C1c1cccs1. The molecule has 3 heterocycles. The van der Waals surface area contributed by atoms with E-state index in [0.29, 0.717) is 0 Å². The quantitative estimate of drug-likeness (QED) is 0.879. The first-order valence-electron chi connectivity index (χ1n) is 6.32. The van der Waals surface area contributed by atoms with Gasteiger partial charge in [-0.05, 0) is 42.7 Å². The largest absolute Gasteiger partial charge is 0.352 e. The van der Waals surface area contributed by atoms with Crippen LogP contribution in [0.15, 0.2) is 41.9 Å². The van der Waals surface area contributed by atoms with E-state index in [-0.39, 0.29) is 12.1 Å². The van der Waals surface area contributed by atoms with Gasteiger partial charge in [0.1, 0.15) is 0 Å². The third kappa shape index (κ3) is 2.24. The lowest BCUT2D eigenvalue weighted by Gasteiger charge is -2.25. The molecule has 5 heteroatoms. The first-order valence-corrected chi connectivity index (χ1v) is 7.61. The van der Waals surface area contributed by atoms with E-state index in [4.69, 9.17) is 12.2 Å². The van der Waals surface area contributed by atoms with Crippen molar-refractivity contribution in [3.63, 3.8) is 0 Å². The Morgan fingerprint density at radius 3 is 2.89 bits per heavy atom. The molecule has 0 aliphatic carbocycles. The summed E-state index contributed by atoms with van der Waals surface area (Å²) in [7, 11) is 0. The van der Waals surface area contributed by atoms with Gasteiger partial charge in [-0.3, -0.25) is 4.98 Å². The standard InChI is InChI=1S/C14H15N3S2/c1-2-17-13(11-7-5-9-19-11)12(16-14(17)18)10-6-3-4-8-15-10/h3-9,12-13H,2H2,1H3,(H,16,18). The number of hydrogen-bond donors (Lipinski definition) is 1. The molecular formula is C14H15N3S2. The van der Waals surface area contributed by atoms with Crippen molar-refractivity contribution in [1.82, 2.24) is 15.2 Å². The molecular weight excluding hydrogens is 274 g/mol. The van der Waals surface area contributed by atoms with Gasteiger partial charge in [-0.25, -0.2) is 0 Å². The predicted molar refractivity (Wildman–Crippen MR) is 82.2 cm³/mol. The van der Waals surface area contributed by atoms with Crippen LogP contribution in [0, 0.1) is 0 Å². The highest BCUT2D eigenvalue weighted by molar-refractivity contribution is 7.80. The summed E-state index contributed by atoms with van der Waals surface area (Å²) in [6.07, 6.45) is 1.83. The molecule has 19 heavy (non-hydrogen) atoms. The lowest BCUT2D eigenvalue weighted by atomic mass is 10.0. The maximum absolute atomic E-state index is 5.46. The van der Waals surface area contributed by atoms with Crippen molar-refractivity contribution in [2.45, 2.75) is 19.0 Å². The third-order valence-corrected chi connectivity index (χ3v) is 4.67. The highest BCUT2D eigenvalue weighted by Gasteiger charge is 2.39. The molecule has 0 amide bonds. The average Bonchev–Trinajstić information content (AvgIpc) is 3.06. The molecule has 1 aliphatic rings. The fourth-order valence-corrected chi connectivity index (χ4v) is 3.76. The van der Waals surface area contributed by atoms with Gasteiger partial charge in [0.2, 0.25) is 0 Å². The second-order valence-electron chi connectivity index (χ2n) is 4.43. The van der Waals surface area contributed by atoms with E-state index in [0.717, 1.165) is 17.4 Å². The van der Waals surface area contributed by atoms with Crippen LogP contribution in [0.3, 0.4) is 0 Å². The van der Waals surface area contributed by atoms with Crippen LogP contribution in [0.25, 0.3) is 0 Å². The van der Waals surface area contributed by atoms with Crippen LogP contribution < -0.4 is 5.32 Å². The molecule has 3 nitrogen and oxygen atoms in total. The van der Waals surface area contributed by atoms with Crippen LogP contribution in [0.1, 0.15) is 29.6 Å². The Bertz CT molecular complexity index is 553. The maximum Gasteiger partial charge on any atom is 0.170 e. The van der Waals surface area contributed by atoms with E-state index in [1.54, 1.807) is 11.3 Å². The topological polar surface area (TPSA) is 28.2 Å². The van der Waals surface area contributed by atoms with Gasteiger partial charge in [0.05, 0.1) is 17.8 Å². The van der Waals surface area contributed by atoms with E-state index >= 15 is 0 Å². The number of rotatable bonds is 3.